The second-order valence-corrected chi connectivity index (χ2v) is 20.9. The first-order chi connectivity index (χ1) is 42.4. The summed E-state index contributed by atoms with van der Waals surface area (Å²) in [7, 11) is 0. The van der Waals surface area contributed by atoms with Crippen LogP contribution in [0.5, 0.6) is 0 Å². The average Bonchev–Trinajstić information content (AvgIpc) is 1.55. The molecule has 11 rings (SSSR count). The van der Waals surface area contributed by atoms with E-state index >= 15 is 26.3 Å². The average molecular weight is 1310 g/mol. The van der Waals surface area contributed by atoms with Gasteiger partial charge in [0.15, 0.2) is 11.5 Å². The molecule has 92 heavy (non-hydrogen) atoms. The van der Waals surface area contributed by atoms with Crippen LogP contribution in [0.25, 0.3) is 105 Å². The van der Waals surface area contributed by atoms with E-state index in [-0.39, 0.29) is 87.3 Å². The number of aromatic nitrogens is 5. The van der Waals surface area contributed by atoms with Crippen molar-refractivity contribution in [1.29, 1.82) is 0 Å². The molecular formula is C62H28F24N6. The molecule has 0 atom stereocenters. The first-order valence-corrected chi connectivity index (χ1v) is 25.9. The molecule has 8 aromatic carbocycles. The molecule has 0 spiro atoms. The van der Waals surface area contributed by atoms with E-state index in [1.165, 1.54) is 13.8 Å². The Bertz CT molecular complexity index is 4650. The van der Waals surface area contributed by atoms with Crippen molar-refractivity contribution < 1.29 is 105 Å². The van der Waals surface area contributed by atoms with Gasteiger partial charge in [0.2, 0.25) is 0 Å². The lowest BCUT2D eigenvalue weighted by atomic mass is 9.96. The topological polar surface area (TPSA) is 52.9 Å². The number of fused-ring (bicyclic) bond motifs is 6. The normalized spacial score (nSPS) is 13.3. The van der Waals surface area contributed by atoms with Crippen molar-refractivity contribution in [3.05, 3.63) is 201 Å². The van der Waals surface area contributed by atoms with Crippen molar-refractivity contribution in [1.82, 2.24) is 24.1 Å². The monoisotopic (exact) mass is 1310 g/mol. The molecule has 0 bridgehead atoms. The molecule has 0 N–H and O–H groups in total. The lowest BCUT2D eigenvalue weighted by Crippen LogP contribution is -2.12. The molecule has 0 saturated heterocycles. The molecule has 11 aromatic rings. The Balaban J connectivity index is 1.33. The zero-order chi connectivity index (χ0) is 67.3. The largest absolute Gasteiger partial charge is 0.417 e. The number of nitrogens with zero attached hydrogens (tertiary/aromatic N) is 6. The fourth-order valence-corrected chi connectivity index (χ4v) is 10.9. The van der Waals surface area contributed by atoms with Crippen molar-refractivity contribution >= 4 is 49.3 Å². The van der Waals surface area contributed by atoms with Gasteiger partial charge >= 0.3 is 49.4 Å². The summed E-state index contributed by atoms with van der Waals surface area (Å²) in [6.07, 6.45) is -44.1. The number of rotatable bonds is 6. The van der Waals surface area contributed by atoms with Gasteiger partial charge in [-0.25, -0.2) is 19.8 Å². The fraction of sp³-hybridized carbons (Fsp3) is 0.161. The molecule has 0 amide bonds. The maximum absolute atomic E-state index is 15.7. The minimum atomic E-state index is -5.79. The molecule has 474 valence electrons. The smallest absolute Gasteiger partial charge is 0.308 e. The summed E-state index contributed by atoms with van der Waals surface area (Å²) in [5.74, 6) is -0.456. The molecular weight excluding hydrogens is 1280 g/mol. The summed E-state index contributed by atoms with van der Waals surface area (Å²) in [6.45, 7) is 11.1. The minimum Gasteiger partial charge on any atom is -0.308 e. The predicted molar refractivity (Wildman–Crippen MR) is 286 cm³/mol. The molecule has 0 aliphatic rings. The second-order valence-electron chi connectivity index (χ2n) is 20.9. The van der Waals surface area contributed by atoms with Gasteiger partial charge in [-0.3, -0.25) is 0 Å². The molecule has 30 heteroatoms. The molecule has 0 aliphatic heterocycles. The second kappa shape index (κ2) is 21.1. The summed E-state index contributed by atoms with van der Waals surface area (Å²) in [6, 6.07) is 11.0. The number of alkyl halides is 24. The highest BCUT2D eigenvalue weighted by molar-refractivity contribution is 6.15. The van der Waals surface area contributed by atoms with Gasteiger partial charge in [0.1, 0.15) is 11.6 Å². The lowest BCUT2D eigenvalue weighted by molar-refractivity contribution is -0.144. The van der Waals surface area contributed by atoms with Crippen LogP contribution in [0.2, 0.25) is 0 Å². The first kappa shape index (κ1) is 63.7. The van der Waals surface area contributed by atoms with Crippen LogP contribution in [-0.2, 0) is 49.4 Å². The van der Waals surface area contributed by atoms with Gasteiger partial charge in [0.25, 0.3) is 0 Å². The zero-order valence-electron chi connectivity index (χ0n) is 45.5. The summed E-state index contributed by atoms with van der Waals surface area (Å²) in [5.41, 5.74) is -23.5. The molecule has 3 heterocycles. The Morgan fingerprint density at radius 1 is 0.315 bits per heavy atom. The van der Waals surface area contributed by atoms with Gasteiger partial charge in [0, 0.05) is 27.1 Å². The number of halogens is 24. The van der Waals surface area contributed by atoms with Crippen molar-refractivity contribution in [2.45, 2.75) is 63.3 Å². The van der Waals surface area contributed by atoms with Crippen LogP contribution >= 0.6 is 0 Å². The van der Waals surface area contributed by atoms with E-state index in [4.69, 9.17) is 6.57 Å². The van der Waals surface area contributed by atoms with Crippen LogP contribution in [0.1, 0.15) is 56.2 Å². The van der Waals surface area contributed by atoms with Crippen LogP contribution in [0.4, 0.5) is 111 Å². The van der Waals surface area contributed by atoms with Crippen LogP contribution < -0.4 is 0 Å². The molecule has 0 unspecified atom stereocenters. The molecule has 0 saturated carbocycles. The van der Waals surface area contributed by atoms with Crippen LogP contribution in [0.3, 0.4) is 0 Å². The summed E-state index contributed by atoms with van der Waals surface area (Å²) in [5, 5.41) is -2.63. The van der Waals surface area contributed by atoms with Gasteiger partial charge in [0.05, 0.1) is 84.5 Å². The van der Waals surface area contributed by atoms with E-state index in [1.54, 1.807) is 0 Å². The highest BCUT2D eigenvalue weighted by atomic mass is 19.4. The van der Waals surface area contributed by atoms with E-state index in [2.05, 4.69) is 19.8 Å². The maximum atomic E-state index is 15.7. The van der Waals surface area contributed by atoms with E-state index in [1.807, 2.05) is 0 Å². The molecule has 0 aliphatic carbocycles. The van der Waals surface area contributed by atoms with Crippen molar-refractivity contribution in [3.63, 3.8) is 0 Å². The number of hydrogen-bond donors (Lipinski definition) is 0. The summed E-state index contributed by atoms with van der Waals surface area (Å²) < 4.78 is 352. The third-order valence-electron chi connectivity index (χ3n) is 14.8. The number of aryl methyl sites for hydroxylation is 2. The number of hydrogen-bond acceptors (Lipinski definition) is 3. The van der Waals surface area contributed by atoms with E-state index in [0.717, 1.165) is 69.8 Å². The van der Waals surface area contributed by atoms with Crippen molar-refractivity contribution in [2.24, 2.45) is 0 Å². The van der Waals surface area contributed by atoms with Gasteiger partial charge in [-0.05, 0) is 162 Å². The van der Waals surface area contributed by atoms with E-state index in [9.17, 15) is 79.0 Å². The molecule has 0 fully saturated rings. The Morgan fingerprint density at radius 2 is 0.630 bits per heavy atom. The maximum Gasteiger partial charge on any atom is 0.417 e. The molecule has 0 radical (unpaired) electrons. The Labute approximate surface area is 498 Å². The Morgan fingerprint density at radius 3 is 0.967 bits per heavy atom. The summed E-state index contributed by atoms with van der Waals surface area (Å²) >= 11 is 0. The van der Waals surface area contributed by atoms with Crippen molar-refractivity contribution in [2.75, 3.05) is 0 Å². The lowest BCUT2D eigenvalue weighted by Gasteiger charge is -2.20. The van der Waals surface area contributed by atoms with E-state index in [0.29, 0.717) is 30.3 Å². The third-order valence-corrected chi connectivity index (χ3v) is 14.8. The highest BCUT2D eigenvalue weighted by Crippen LogP contribution is 2.51. The minimum absolute atomic E-state index is 0.0355. The van der Waals surface area contributed by atoms with E-state index < -0.39 is 166 Å². The van der Waals surface area contributed by atoms with Gasteiger partial charge in [-0.1, -0.05) is 18.2 Å². The quantitative estimate of drug-likeness (QED) is 0.123. The van der Waals surface area contributed by atoms with Gasteiger partial charge in [-0.2, -0.15) is 105 Å². The first-order valence-electron chi connectivity index (χ1n) is 25.9. The Hall–Kier alpha value is -9.82. The fourth-order valence-electron chi connectivity index (χ4n) is 10.9. The molecule has 6 nitrogen and oxygen atoms in total. The van der Waals surface area contributed by atoms with Crippen LogP contribution in [-0.4, -0.2) is 24.1 Å². The van der Waals surface area contributed by atoms with Crippen LogP contribution in [0, 0.1) is 20.4 Å². The number of benzene rings is 8. The standard InChI is InChI=1S/C62H28F24N6/c1-26-88-27(2)90-54(89-26)43-24-50(92-49-9-6-30(33-14-38(59(75,76)77)21-39(15-33)60(78,79)80)18-44(49)53-45(62(84,85)86)22-40(23-52(53)92)61(81,82)83)51(25-46(43)87-3)91-47-7-4-28(31-10-34(55(63,64)65)19-35(11-31)56(66,67)68)16-41(47)42-17-29(5-8-48(42)91)32-12-36(57(69,70)71)20-37(13-32)58(72,73)74/h4-25H,1-2H3. The van der Waals surface area contributed by atoms with Crippen molar-refractivity contribution in [3.8, 4) is 56.1 Å². The SMILES string of the molecule is [C-]#[N+]c1cc(-n2c3ccc(-c4cc(C(F)(F)F)cc(C(F)(F)F)c4)cc3c3cc(-c4cc(C(F)(F)F)cc(C(F)(F)F)c4)ccc32)c(-n2c3ccc(-c4cc(C(F)(F)F)cc(C(F)(F)F)c4)cc3c3c(C(F)(F)F)cc(C(F)(F)F)cc32)cc1-c1nc(C)nc(C)n1. The van der Waals surface area contributed by atoms with Gasteiger partial charge in [-0.15, -0.1) is 0 Å². The molecule has 3 aromatic heterocycles. The van der Waals surface area contributed by atoms with Gasteiger partial charge < -0.3 is 9.13 Å². The summed E-state index contributed by atoms with van der Waals surface area (Å²) in [4.78, 5) is 16.2. The Kier molecular flexibility index (Phi) is 14.6. The van der Waals surface area contributed by atoms with Crippen LogP contribution in [0.15, 0.2) is 133 Å². The zero-order valence-corrected chi connectivity index (χ0v) is 45.5. The predicted octanol–water partition coefficient (Wildman–Crippen LogP) is 22.1. The highest BCUT2D eigenvalue weighted by Gasteiger charge is 2.43. The third kappa shape index (κ3) is 11.7.